The van der Waals surface area contributed by atoms with Crippen molar-refractivity contribution >= 4 is 40.0 Å². The molecule has 0 radical (unpaired) electrons. The fourth-order valence-electron chi connectivity index (χ4n) is 3.99. The van der Waals surface area contributed by atoms with Crippen LogP contribution in [0, 0.1) is 29.4 Å². The van der Waals surface area contributed by atoms with Crippen LogP contribution in [0.3, 0.4) is 0 Å². The quantitative estimate of drug-likeness (QED) is 0.111. The number of aryl methyl sites for hydroxylation is 1. The maximum Gasteiger partial charge on any atom is 0.391 e. The highest BCUT2D eigenvalue weighted by Gasteiger charge is 2.29. The fraction of sp³-hybridized carbons (Fsp3) is 0.222. The number of likely N-dealkylation sites (N-methyl/N-ethyl adjacent to an activating group) is 1. The number of terminal acetylenes is 1. The number of nitrogens with zero attached hydrogens (tertiary/aromatic N) is 7. The summed E-state index contributed by atoms with van der Waals surface area (Å²) in [5.41, 5.74) is 2.63. The van der Waals surface area contributed by atoms with Crippen LogP contribution in [-0.2, 0) is 18.4 Å². The first-order valence-electron chi connectivity index (χ1n) is 12.0. The molecule has 0 saturated heterocycles. The van der Waals surface area contributed by atoms with Crippen LogP contribution in [0.5, 0.6) is 0 Å². The molecule has 4 aromatic rings. The van der Waals surface area contributed by atoms with E-state index in [0.717, 1.165) is 11.3 Å². The lowest BCUT2D eigenvalue weighted by Gasteiger charge is -2.28. The summed E-state index contributed by atoms with van der Waals surface area (Å²) in [5.74, 6) is 3.54. The Balaban J connectivity index is 1.44. The molecule has 4 rings (SSSR count). The Morgan fingerprint density at radius 1 is 1.26 bits per heavy atom. The first-order chi connectivity index (χ1) is 18.6. The van der Waals surface area contributed by atoms with Crippen molar-refractivity contribution in [3.8, 4) is 12.3 Å². The summed E-state index contributed by atoms with van der Waals surface area (Å²) in [6.07, 6.45) is 11.6. The fourth-order valence-corrected chi connectivity index (χ4v) is 3.99. The number of aromatic nitrogens is 5. The third-order valence-electron chi connectivity index (χ3n) is 6.10. The minimum absolute atomic E-state index is 0.146. The number of carbonyl (C=O) groups is 1. The minimum atomic E-state index is -0.470. The van der Waals surface area contributed by atoms with Gasteiger partial charge in [0.2, 0.25) is 11.7 Å². The summed E-state index contributed by atoms with van der Waals surface area (Å²) in [6.45, 7) is 2.55. The molecule has 0 bridgehead atoms. The highest BCUT2D eigenvalue weighted by molar-refractivity contribution is 6.00. The van der Waals surface area contributed by atoms with E-state index in [-0.39, 0.29) is 11.7 Å². The van der Waals surface area contributed by atoms with E-state index in [0.29, 0.717) is 51.6 Å². The number of pyridine rings is 1. The van der Waals surface area contributed by atoms with E-state index in [1.54, 1.807) is 36.9 Å². The number of amides is 1. The predicted octanol–water partition coefficient (Wildman–Crippen LogP) is 3.47. The maximum absolute atomic E-state index is 12.6. The zero-order valence-corrected chi connectivity index (χ0v) is 22.0. The molecule has 0 aliphatic rings. The van der Waals surface area contributed by atoms with Crippen LogP contribution in [-0.4, -0.2) is 60.5 Å². The summed E-state index contributed by atoms with van der Waals surface area (Å²) in [5, 5.41) is 18.1. The summed E-state index contributed by atoms with van der Waals surface area (Å²) < 4.78 is 2.10. The second-order valence-corrected chi connectivity index (χ2v) is 9.57. The van der Waals surface area contributed by atoms with E-state index >= 15 is 0 Å². The number of anilines is 3. The summed E-state index contributed by atoms with van der Waals surface area (Å²) in [4.78, 5) is 40.5. The van der Waals surface area contributed by atoms with Crippen molar-refractivity contribution in [2.24, 2.45) is 7.05 Å². The number of benzene rings is 1. The van der Waals surface area contributed by atoms with Crippen LogP contribution in [0.4, 0.5) is 23.1 Å². The number of carbonyl (C=O) groups excluding carboxylic acids is 1. The molecule has 0 atom stereocenters. The molecule has 0 fully saturated rings. The number of hydrogen-bond donors (Lipinski definition) is 2. The van der Waals surface area contributed by atoms with Crippen LogP contribution >= 0.6 is 0 Å². The molecule has 3 aromatic heterocycles. The molecule has 198 valence electrons. The number of nitro groups is 1. The molecule has 2 N–H and O–H groups in total. The van der Waals surface area contributed by atoms with Gasteiger partial charge in [0, 0.05) is 36.7 Å². The number of imidazole rings is 1. The predicted molar refractivity (Wildman–Crippen MR) is 148 cm³/mol. The van der Waals surface area contributed by atoms with E-state index in [4.69, 9.17) is 6.42 Å². The van der Waals surface area contributed by atoms with Crippen LogP contribution < -0.4 is 10.6 Å². The van der Waals surface area contributed by atoms with E-state index < -0.39 is 4.92 Å². The number of fused-ring (bicyclic) bond motifs is 1. The number of hydrogen-bond acceptors (Lipinski definition) is 8. The van der Waals surface area contributed by atoms with Gasteiger partial charge in [-0.3, -0.25) is 4.79 Å². The molecule has 1 aromatic carbocycles. The van der Waals surface area contributed by atoms with Gasteiger partial charge in [0.05, 0.1) is 32.4 Å². The van der Waals surface area contributed by atoms with Crippen molar-refractivity contribution in [2.75, 3.05) is 31.3 Å². The van der Waals surface area contributed by atoms with Gasteiger partial charge < -0.3 is 29.8 Å². The van der Waals surface area contributed by atoms with Gasteiger partial charge in [-0.25, -0.2) is 15.0 Å². The smallest absolute Gasteiger partial charge is 0.358 e. The lowest BCUT2D eigenvalue weighted by molar-refractivity contribution is -0.898. The average molecular weight is 527 g/mol. The topological polar surface area (TPSA) is 141 Å². The summed E-state index contributed by atoms with van der Waals surface area (Å²) in [7, 11) is 5.60. The molecule has 12 nitrogen and oxygen atoms in total. The van der Waals surface area contributed by atoms with E-state index in [1.165, 1.54) is 12.4 Å². The summed E-state index contributed by atoms with van der Waals surface area (Å²) in [6, 6.07) is 9.07. The van der Waals surface area contributed by atoms with E-state index in [9.17, 15) is 14.9 Å². The van der Waals surface area contributed by atoms with E-state index in [2.05, 4.69) is 36.5 Å². The molecule has 12 heteroatoms. The molecular formula is C27H28N9O3+. The molecule has 0 unspecified atom stereocenters. The molecule has 0 aliphatic heterocycles. The third-order valence-corrected chi connectivity index (χ3v) is 6.10. The van der Waals surface area contributed by atoms with Gasteiger partial charge in [-0.05, 0) is 40.2 Å². The van der Waals surface area contributed by atoms with Gasteiger partial charge in [-0.15, -0.1) is 6.42 Å². The second kappa shape index (κ2) is 11.1. The highest BCUT2D eigenvalue weighted by Crippen LogP contribution is 2.25. The Morgan fingerprint density at radius 3 is 2.79 bits per heavy atom. The van der Waals surface area contributed by atoms with Crippen molar-refractivity contribution in [3.63, 3.8) is 0 Å². The van der Waals surface area contributed by atoms with E-state index in [1.807, 2.05) is 38.4 Å². The van der Waals surface area contributed by atoms with Crippen molar-refractivity contribution in [2.45, 2.75) is 13.5 Å². The molecule has 3 heterocycles. The Hall–Kier alpha value is -5.15. The Kier molecular flexibility index (Phi) is 7.64. The summed E-state index contributed by atoms with van der Waals surface area (Å²) >= 11 is 0. The van der Waals surface area contributed by atoms with Crippen LogP contribution in [0.2, 0.25) is 0 Å². The molecule has 39 heavy (non-hydrogen) atoms. The molecule has 0 saturated carbocycles. The SMILES string of the molecule is C#Cc1cccc(Nc2ncnc3cnc(NC(=O)C=CC[N+](C)(C)Cc4c([N+](=O)[O-])nc(C)n4C)cc23)c1. The molecule has 0 aliphatic carbocycles. The van der Waals surface area contributed by atoms with Crippen molar-refractivity contribution in [1.29, 1.82) is 0 Å². The third kappa shape index (κ3) is 6.41. The van der Waals surface area contributed by atoms with Gasteiger partial charge in [0.25, 0.3) is 0 Å². The Bertz CT molecular complexity index is 1630. The first kappa shape index (κ1) is 26.9. The lowest BCUT2D eigenvalue weighted by atomic mass is 10.2. The molecule has 1 amide bonds. The van der Waals surface area contributed by atoms with Gasteiger partial charge in [-0.1, -0.05) is 12.0 Å². The standard InChI is InChI=1S/C27H27N9O3/c1-6-19-9-7-10-20(13-19)32-26-21-14-24(28-15-22(21)29-17-30-26)33-25(37)11-8-12-36(4,5)16-23-27(35(38)39)31-18(2)34(23)3/h1,7-11,13-15,17H,12,16H2,2-5H3,(H-,28,29,30,32,33,37)/p+1. The lowest BCUT2D eigenvalue weighted by Crippen LogP contribution is -2.39. The zero-order valence-electron chi connectivity index (χ0n) is 22.0. The molecule has 0 spiro atoms. The highest BCUT2D eigenvalue weighted by atomic mass is 16.6. The average Bonchev–Trinajstić information content (AvgIpc) is 3.17. The monoisotopic (exact) mass is 526 g/mol. The maximum atomic E-state index is 12.6. The van der Waals surface area contributed by atoms with Crippen LogP contribution in [0.25, 0.3) is 10.9 Å². The first-order valence-corrected chi connectivity index (χ1v) is 12.0. The van der Waals surface area contributed by atoms with Crippen molar-refractivity contribution < 1.29 is 14.2 Å². The van der Waals surface area contributed by atoms with Crippen molar-refractivity contribution in [1.82, 2.24) is 24.5 Å². The van der Waals surface area contributed by atoms with Crippen LogP contribution in [0.1, 0.15) is 17.1 Å². The number of rotatable bonds is 9. The van der Waals surface area contributed by atoms with Gasteiger partial charge >= 0.3 is 5.82 Å². The number of quaternary nitrogens is 1. The van der Waals surface area contributed by atoms with Gasteiger partial charge in [-0.2, -0.15) is 0 Å². The largest absolute Gasteiger partial charge is 0.391 e. The molecular weight excluding hydrogens is 498 g/mol. The van der Waals surface area contributed by atoms with Gasteiger partial charge in [0.1, 0.15) is 24.5 Å². The normalized spacial score (nSPS) is 11.5. The minimum Gasteiger partial charge on any atom is -0.358 e. The zero-order chi connectivity index (χ0) is 28.2. The van der Waals surface area contributed by atoms with Crippen molar-refractivity contribution in [3.05, 3.63) is 82.2 Å². The van der Waals surface area contributed by atoms with Crippen LogP contribution in [0.15, 0.2) is 55.0 Å². The Morgan fingerprint density at radius 2 is 2.05 bits per heavy atom. The Labute approximate surface area is 225 Å². The number of nitrogens with one attached hydrogen (secondary N) is 2. The second-order valence-electron chi connectivity index (χ2n) is 9.57. The van der Waals surface area contributed by atoms with Gasteiger partial charge in [0.15, 0.2) is 5.69 Å².